The van der Waals surface area contributed by atoms with Crippen LogP contribution in [0.25, 0.3) is 0 Å². The maximum atomic E-state index is 12.2. The van der Waals surface area contributed by atoms with E-state index in [1.54, 1.807) is 17.2 Å². The minimum atomic E-state index is -0.363. The third-order valence-electron chi connectivity index (χ3n) is 2.76. The van der Waals surface area contributed by atoms with Gasteiger partial charge in [0.1, 0.15) is 5.69 Å². The number of hydrogen-bond donors (Lipinski definition) is 2. The van der Waals surface area contributed by atoms with Crippen molar-refractivity contribution in [2.24, 2.45) is 5.73 Å². The fraction of sp³-hybridized carbons (Fsp3) is 0.636. The lowest BCUT2D eigenvalue weighted by atomic mass is 10.0. The van der Waals surface area contributed by atoms with Crippen molar-refractivity contribution in [2.45, 2.75) is 25.6 Å². The van der Waals surface area contributed by atoms with Crippen molar-refractivity contribution >= 4 is 5.91 Å². The van der Waals surface area contributed by atoms with E-state index >= 15 is 0 Å². The summed E-state index contributed by atoms with van der Waals surface area (Å²) in [6.45, 7) is 5.42. The first-order valence-electron chi connectivity index (χ1n) is 5.68. The molecular formula is C11H18N4O2. The molecule has 1 atom stereocenters. The van der Waals surface area contributed by atoms with Gasteiger partial charge < -0.3 is 15.4 Å². The zero-order chi connectivity index (χ0) is 12.5. The molecule has 0 radical (unpaired) electrons. The van der Waals surface area contributed by atoms with Gasteiger partial charge in [-0.3, -0.25) is 9.89 Å². The molecule has 0 bridgehead atoms. The Labute approximate surface area is 100 Å². The number of nitrogens with one attached hydrogen (secondary N) is 1. The molecule has 1 amide bonds. The van der Waals surface area contributed by atoms with Gasteiger partial charge in [-0.2, -0.15) is 5.10 Å². The summed E-state index contributed by atoms with van der Waals surface area (Å²) in [5, 5.41) is 6.47. The second kappa shape index (κ2) is 4.46. The van der Waals surface area contributed by atoms with E-state index in [-0.39, 0.29) is 17.6 Å². The maximum Gasteiger partial charge on any atom is 0.272 e. The molecule has 2 rings (SSSR count). The van der Waals surface area contributed by atoms with Crippen molar-refractivity contribution < 1.29 is 9.53 Å². The van der Waals surface area contributed by atoms with Gasteiger partial charge in [-0.25, -0.2) is 0 Å². The van der Waals surface area contributed by atoms with Crippen molar-refractivity contribution in [3.8, 4) is 0 Å². The molecule has 3 N–H and O–H groups in total. The molecule has 6 heteroatoms. The highest BCUT2D eigenvalue weighted by Crippen LogP contribution is 2.21. The lowest BCUT2D eigenvalue weighted by molar-refractivity contribution is -0.122. The molecule has 17 heavy (non-hydrogen) atoms. The Morgan fingerprint density at radius 1 is 1.76 bits per heavy atom. The standard InChI is InChI=1S/C11H18N4O2/c1-11(2)7-15(6-8(5-12)17-11)10(16)9-3-4-13-14-9/h3-4,8H,5-7,12H2,1-2H3,(H,13,14). The van der Waals surface area contributed by atoms with Gasteiger partial charge in [-0.15, -0.1) is 0 Å². The average molecular weight is 238 g/mol. The number of carbonyl (C=O) groups excluding carboxylic acids is 1. The van der Waals surface area contributed by atoms with E-state index in [0.29, 0.717) is 25.3 Å². The van der Waals surface area contributed by atoms with Gasteiger partial charge in [-0.05, 0) is 19.9 Å². The molecule has 0 aromatic carbocycles. The molecule has 0 saturated carbocycles. The fourth-order valence-electron chi connectivity index (χ4n) is 2.12. The molecule has 0 aliphatic carbocycles. The van der Waals surface area contributed by atoms with Crippen LogP contribution < -0.4 is 5.73 Å². The predicted octanol–water partition coefficient (Wildman–Crippen LogP) is -0.0120. The van der Waals surface area contributed by atoms with Crippen LogP contribution in [-0.2, 0) is 4.74 Å². The van der Waals surface area contributed by atoms with Crippen LogP contribution in [0.4, 0.5) is 0 Å². The number of nitrogens with two attached hydrogens (primary N) is 1. The van der Waals surface area contributed by atoms with E-state index in [9.17, 15) is 4.79 Å². The van der Waals surface area contributed by atoms with Crippen LogP contribution in [0.5, 0.6) is 0 Å². The Morgan fingerprint density at radius 2 is 2.53 bits per heavy atom. The van der Waals surface area contributed by atoms with Crippen LogP contribution in [0, 0.1) is 0 Å². The number of H-pyrrole nitrogens is 1. The van der Waals surface area contributed by atoms with E-state index in [0.717, 1.165) is 0 Å². The summed E-state index contributed by atoms with van der Waals surface area (Å²) in [6, 6.07) is 1.67. The number of ether oxygens (including phenoxy) is 1. The van der Waals surface area contributed by atoms with Crippen LogP contribution >= 0.6 is 0 Å². The zero-order valence-electron chi connectivity index (χ0n) is 10.1. The summed E-state index contributed by atoms with van der Waals surface area (Å²) in [5.74, 6) is -0.0580. The van der Waals surface area contributed by atoms with Gasteiger partial charge in [0.25, 0.3) is 5.91 Å². The van der Waals surface area contributed by atoms with Crippen molar-refractivity contribution in [3.63, 3.8) is 0 Å². The van der Waals surface area contributed by atoms with E-state index < -0.39 is 0 Å². The van der Waals surface area contributed by atoms with E-state index in [4.69, 9.17) is 10.5 Å². The Morgan fingerprint density at radius 3 is 3.12 bits per heavy atom. The number of rotatable bonds is 2. The molecule has 94 valence electrons. The zero-order valence-corrected chi connectivity index (χ0v) is 10.1. The van der Waals surface area contributed by atoms with Crippen molar-refractivity contribution in [1.82, 2.24) is 15.1 Å². The van der Waals surface area contributed by atoms with Crippen LogP contribution in [0.2, 0.25) is 0 Å². The van der Waals surface area contributed by atoms with E-state index in [1.165, 1.54) is 0 Å². The van der Waals surface area contributed by atoms with Crippen LogP contribution in [-0.4, -0.2) is 52.3 Å². The molecule has 0 spiro atoms. The summed E-state index contributed by atoms with van der Waals surface area (Å²) in [5.41, 5.74) is 5.76. The van der Waals surface area contributed by atoms with Crippen molar-refractivity contribution in [2.75, 3.05) is 19.6 Å². The smallest absolute Gasteiger partial charge is 0.272 e. The van der Waals surface area contributed by atoms with E-state index in [2.05, 4.69) is 10.2 Å². The Bertz CT molecular complexity index is 388. The number of carbonyl (C=O) groups is 1. The first-order valence-corrected chi connectivity index (χ1v) is 5.68. The number of morpholine rings is 1. The molecule has 1 saturated heterocycles. The largest absolute Gasteiger partial charge is 0.367 e. The molecular weight excluding hydrogens is 220 g/mol. The van der Waals surface area contributed by atoms with Gasteiger partial charge in [0, 0.05) is 25.8 Å². The van der Waals surface area contributed by atoms with E-state index in [1.807, 2.05) is 13.8 Å². The third-order valence-corrected chi connectivity index (χ3v) is 2.76. The number of aromatic amines is 1. The highest BCUT2D eigenvalue weighted by atomic mass is 16.5. The Kier molecular flexibility index (Phi) is 3.17. The maximum absolute atomic E-state index is 12.2. The number of hydrogen-bond acceptors (Lipinski definition) is 4. The first kappa shape index (κ1) is 12.1. The summed E-state index contributed by atoms with van der Waals surface area (Å²) in [6.07, 6.45) is 1.46. The number of nitrogens with zero attached hydrogens (tertiary/aromatic N) is 2. The second-order valence-electron chi connectivity index (χ2n) is 4.89. The molecule has 1 aliphatic rings. The molecule has 1 unspecified atom stereocenters. The minimum absolute atomic E-state index is 0.0580. The first-order chi connectivity index (χ1) is 8.02. The van der Waals surface area contributed by atoms with Crippen molar-refractivity contribution in [1.29, 1.82) is 0 Å². The third kappa shape index (κ3) is 2.65. The topological polar surface area (TPSA) is 84.2 Å². The second-order valence-corrected chi connectivity index (χ2v) is 4.89. The molecule has 6 nitrogen and oxygen atoms in total. The molecule has 1 aromatic heterocycles. The Balaban J connectivity index is 2.12. The van der Waals surface area contributed by atoms with Crippen LogP contribution in [0.3, 0.4) is 0 Å². The molecule has 1 aliphatic heterocycles. The van der Waals surface area contributed by atoms with Gasteiger partial charge in [0.05, 0.1) is 11.7 Å². The van der Waals surface area contributed by atoms with Gasteiger partial charge in [0.15, 0.2) is 0 Å². The van der Waals surface area contributed by atoms with Crippen LogP contribution in [0.1, 0.15) is 24.3 Å². The predicted molar refractivity (Wildman–Crippen MR) is 62.5 cm³/mol. The lowest BCUT2D eigenvalue weighted by Gasteiger charge is -2.42. The summed E-state index contributed by atoms with van der Waals surface area (Å²) in [4.78, 5) is 13.9. The fourth-order valence-corrected chi connectivity index (χ4v) is 2.12. The number of aromatic nitrogens is 2. The highest BCUT2D eigenvalue weighted by molar-refractivity contribution is 5.92. The van der Waals surface area contributed by atoms with Gasteiger partial charge >= 0.3 is 0 Å². The Hall–Kier alpha value is -1.40. The molecule has 1 aromatic rings. The highest BCUT2D eigenvalue weighted by Gasteiger charge is 2.35. The normalized spacial score (nSPS) is 23.7. The molecule has 2 heterocycles. The van der Waals surface area contributed by atoms with Gasteiger partial charge in [-0.1, -0.05) is 0 Å². The van der Waals surface area contributed by atoms with Crippen LogP contribution in [0.15, 0.2) is 12.3 Å². The van der Waals surface area contributed by atoms with Crippen molar-refractivity contribution in [3.05, 3.63) is 18.0 Å². The molecule has 1 fully saturated rings. The number of amides is 1. The SMILES string of the molecule is CC1(C)CN(C(=O)c2ccn[nH]2)CC(CN)O1. The monoisotopic (exact) mass is 238 g/mol. The summed E-state index contributed by atoms with van der Waals surface area (Å²) in [7, 11) is 0. The summed E-state index contributed by atoms with van der Waals surface area (Å²) < 4.78 is 5.78. The minimum Gasteiger partial charge on any atom is -0.367 e. The summed E-state index contributed by atoms with van der Waals surface area (Å²) >= 11 is 0. The average Bonchev–Trinajstić information content (AvgIpc) is 2.79. The quantitative estimate of drug-likeness (QED) is 0.759. The van der Waals surface area contributed by atoms with Gasteiger partial charge in [0.2, 0.25) is 0 Å². The lowest BCUT2D eigenvalue weighted by Crippen LogP contribution is -2.56.